The van der Waals surface area contributed by atoms with E-state index >= 15 is 0 Å². The third-order valence-corrected chi connectivity index (χ3v) is 4.67. The van der Waals surface area contributed by atoms with Crippen molar-refractivity contribution in [3.63, 3.8) is 0 Å². The van der Waals surface area contributed by atoms with Crippen molar-refractivity contribution in [1.29, 1.82) is 0 Å². The molecule has 6 heteroatoms. The molecule has 0 spiro atoms. The van der Waals surface area contributed by atoms with Crippen molar-refractivity contribution in [1.82, 2.24) is 9.29 Å². The Kier molecular flexibility index (Phi) is 3.82. The number of β-amino-alcohol motifs (C(OH)–C–C–N with tert-alkyl or cyclic N) is 1. The smallest absolute Gasteiger partial charge is 0.146 e. The Bertz CT molecular complexity index is 426. The molecule has 0 aromatic carbocycles. The molecule has 1 saturated heterocycles. The van der Waals surface area contributed by atoms with E-state index < -0.39 is 16.6 Å². The molecule has 0 saturated carbocycles. The van der Waals surface area contributed by atoms with Crippen molar-refractivity contribution in [3.8, 4) is 0 Å². The fourth-order valence-electron chi connectivity index (χ4n) is 1.85. The van der Waals surface area contributed by atoms with Crippen molar-refractivity contribution in [2.24, 2.45) is 0 Å². The molecular weight excluding hydrogens is 260 g/mol. The molecule has 1 aliphatic rings. The molecule has 17 heavy (non-hydrogen) atoms. The van der Waals surface area contributed by atoms with Gasteiger partial charge in [0.15, 0.2) is 0 Å². The first kappa shape index (κ1) is 13.0. The van der Waals surface area contributed by atoms with Gasteiger partial charge in [-0.05, 0) is 25.0 Å². The van der Waals surface area contributed by atoms with Crippen LogP contribution in [0.5, 0.6) is 0 Å². The van der Waals surface area contributed by atoms with Crippen LogP contribution in [0, 0.1) is 0 Å². The first-order valence-corrected chi connectivity index (χ1v) is 7.03. The number of aromatic nitrogens is 1. The van der Waals surface area contributed by atoms with Crippen molar-refractivity contribution in [3.05, 3.63) is 23.4 Å². The lowest BCUT2D eigenvalue weighted by molar-refractivity contribution is 0.0525. The van der Waals surface area contributed by atoms with Gasteiger partial charge in [-0.1, -0.05) is 18.5 Å². The summed E-state index contributed by atoms with van der Waals surface area (Å²) in [5.74, 6) is 0. The molecule has 2 rings (SSSR count). The fraction of sp³-hybridized carbons (Fsp3) is 0.545. The van der Waals surface area contributed by atoms with Gasteiger partial charge in [-0.15, -0.1) is 0 Å². The Morgan fingerprint density at radius 1 is 1.65 bits per heavy atom. The summed E-state index contributed by atoms with van der Waals surface area (Å²) in [6, 6.07) is 3.33. The van der Waals surface area contributed by atoms with Crippen LogP contribution >= 0.6 is 11.6 Å². The number of halogens is 1. The summed E-state index contributed by atoms with van der Waals surface area (Å²) >= 11 is 5.73. The van der Waals surface area contributed by atoms with E-state index in [1.807, 2.05) is 6.92 Å². The summed E-state index contributed by atoms with van der Waals surface area (Å²) in [6.45, 7) is 2.99. The van der Waals surface area contributed by atoms with E-state index in [1.54, 1.807) is 16.4 Å². The van der Waals surface area contributed by atoms with Gasteiger partial charge < -0.3 is 5.11 Å². The van der Waals surface area contributed by atoms with Gasteiger partial charge in [-0.3, -0.25) is 0 Å². The van der Waals surface area contributed by atoms with Crippen molar-refractivity contribution >= 4 is 22.6 Å². The maximum absolute atomic E-state index is 12.2. The molecule has 94 valence electrons. The molecule has 4 nitrogen and oxygen atoms in total. The number of aliphatic hydroxyl groups is 1. The van der Waals surface area contributed by atoms with E-state index in [0.717, 1.165) is 0 Å². The van der Waals surface area contributed by atoms with Crippen LogP contribution in [0.4, 0.5) is 0 Å². The zero-order valence-electron chi connectivity index (χ0n) is 9.60. The quantitative estimate of drug-likeness (QED) is 0.911. The van der Waals surface area contributed by atoms with Gasteiger partial charge in [0, 0.05) is 19.3 Å². The highest BCUT2D eigenvalue weighted by Crippen LogP contribution is 2.27. The van der Waals surface area contributed by atoms with E-state index in [9.17, 15) is 9.32 Å². The van der Waals surface area contributed by atoms with E-state index in [4.69, 9.17) is 11.6 Å². The van der Waals surface area contributed by atoms with Crippen LogP contribution in [0.15, 0.2) is 23.4 Å². The summed E-state index contributed by atoms with van der Waals surface area (Å²) in [6.07, 6.45) is 2.81. The average molecular weight is 275 g/mol. The molecule has 0 aliphatic carbocycles. The maximum atomic E-state index is 12.2. The van der Waals surface area contributed by atoms with Crippen LogP contribution in [-0.2, 0) is 11.0 Å². The van der Waals surface area contributed by atoms with Crippen molar-refractivity contribution < 1.29 is 9.32 Å². The standard InChI is InChI=1S/C11H15ClN2O2S/c1-2-11(15)5-6-14(8-11)17(16)10-4-3-9(12)7-13-10/h3-4,7,15H,2,5-6,8H2,1H3. The van der Waals surface area contributed by atoms with Gasteiger partial charge in [0.2, 0.25) is 0 Å². The minimum Gasteiger partial charge on any atom is -0.388 e. The van der Waals surface area contributed by atoms with Gasteiger partial charge in [0.05, 0.1) is 10.6 Å². The fourth-order valence-corrected chi connectivity index (χ4v) is 3.17. The largest absolute Gasteiger partial charge is 0.388 e. The molecule has 1 aliphatic heterocycles. The summed E-state index contributed by atoms with van der Waals surface area (Å²) in [7, 11) is -1.31. The van der Waals surface area contributed by atoms with Crippen LogP contribution in [0.2, 0.25) is 5.02 Å². The molecule has 1 fully saturated rings. The van der Waals surface area contributed by atoms with E-state index in [0.29, 0.717) is 36.0 Å². The van der Waals surface area contributed by atoms with Crippen LogP contribution in [-0.4, -0.2) is 37.3 Å². The highest BCUT2D eigenvalue weighted by atomic mass is 35.5. The summed E-state index contributed by atoms with van der Waals surface area (Å²) in [4.78, 5) is 4.04. The van der Waals surface area contributed by atoms with Crippen molar-refractivity contribution in [2.45, 2.75) is 30.4 Å². The number of hydrogen-bond donors (Lipinski definition) is 1. The Balaban J connectivity index is 2.09. The third kappa shape index (κ3) is 2.85. The second kappa shape index (κ2) is 5.02. The van der Waals surface area contributed by atoms with Crippen LogP contribution in [0.1, 0.15) is 19.8 Å². The van der Waals surface area contributed by atoms with E-state index in [2.05, 4.69) is 4.98 Å². The number of pyridine rings is 1. The molecule has 2 unspecified atom stereocenters. The van der Waals surface area contributed by atoms with Gasteiger partial charge in [-0.2, -0.15) is 0 Å². The second-order valence-electron chi connectivity index (χ2n) is 4.26. The average Bonchev–Trinajstić information content (AvgIpc) is 2.73. The van der Waals surface area contributed by atoms with Gasteiger partial charge in [-0.25, -0.2) is 13.5 Å². The Labute approximate surface area is 108 Å². The zero-order chi connectivity index (χ0) is 12.5. The van der Waals surface area contributed by atoms with Gasteiger partial charge >= 0.3 is 0 Å². The summed E-state index contributed by atoms with van der Waals surface area (Å²) in [5.41, 5.74) is -0.706. The first-order valence-electron chi connectivity index (χ1n) is 5.55. The molecular formula is C11H15ClN2O2S. The van der Waals surface area contributed by atoms with Crippen LogP contribution in [0.3, 0.4) is 0 Å². The number of rotatable bonds is 3. The second-order valence-corrected chi connectivity index (χ2v) is 6.12. The summed E-state index contributed by atoms with van der Waals surface area (Å²) < 4.78 is 13.9. The predicted molar refractivity (Wildman–Crippen MR) is 67.1 cm³/mol. The van der Waals surface area contributed by atoms with Gasteiger partial charge in [0.25, 0.3) is 0 Å². The Morgan fingerprint density at radius 3 is 2.94 bits per heavy atom. The number of hydrogen-bond acceptors (Lipinski definition) is 3. The van der Waals surface area contributed by atoms with E-state index in [1.165, 1.54) is 6.20 Å². The first-order chi connectivity index (χ1) is 8.04. The topological polar surface area (TPSA) is 53.4 Å². The molecule has 0 radical (unpaired) electrons. The molecule has 2 heterocycles. The highest BCUT2D eigenvalue weighted by Gasteiger charge is 2.37. The molecule has 1 aromatic rings. The molecule has 1 N–H and O–H groups in total. The lowest BCUT2D eigenvalue weighted by atomic mass is 10.0. The summed E-state index contributed by atoms with van der Waals surface area (Å²) in [5, 5.41) is 11.1. The minimum absolute atomic E-state index is 0.431. The normalized spacial score (nSPS) is 27.2. The van der Waals surface area contributed by atoms with Gasteiger partial charge in [0.1, 0.15) is 16.0 Å². The van der Waals surface area contributed by atoms with Crippen molar-refractivity contribution in [2.75, 3.05) is 13.1 Å². The Morgan fingerprint density at radius 2 is 2.41 bits per heavy atom. The highest BCUT2D eigenvalue weighted by molar-refractivity contribution is 7.82. The third-order valence-electron chi connectivity index (χ3n) is 3.07. The Hall–Kier alpha value is -0.490. The minimum atomic E-state index is -1.31. The molecule has 1 aromatic heterocycles. The van der Waals surface area contributed by atoms with Crippen LogP contribution in [0.25, 0.3) is 0 Å². The van der Waals surface area contributed by atoms with E-state index in [-0.39, 0.29) is 0 Å². The molecule has 0 amide bonds. The predicted octanol–water partition coefficient (Wildman–Crippen LogP) is 1.60. The van der Waals surface area contributed by atoms with Crippen LogP contribution < -0.4 is 0 Å². The number of nitrogens with zero attached hydrogens (tertiary/aromatic N) is 2. The molecule has 0 bridgehead atoms. The zero-order valence-corrected chi connectivity index (χ0v) is 11.2. The monoisotopic (exact) mass is 274 g/mol. The maximum Gasteiger partial charge on any atom is 0.146 e. The lowest BCUT2D eigenvalue weighted by Crippen LogP contribution is -2.33. The molecule has 2 atom stereocenters. The lowest BCUT2D eigenvalue weighted by Gasteiger charge is -2.20. The SMILES string of the molecule is CCC1(O)CCN(S(=O)c2ccc(Cl)cn2)C1.